The molecule has 2 aromatic heterocycles. The first-order valence-electron chi connectivity index (χ1n) is 12.9. The van der Waals surface area contributed by atoms with E-state index in [0.717, 1.165) is 28.9 Å². The summed E-state index contributed by atoms with van der Waals surface area (Å²) in [5.74, 6) is 1.15. The molecule has 0 aliphatic heterocycles. The molecule has 0 saturated carbocycles. The van der Waals surface area contributed by atoms with E-state index in [0.29, 0.717) is 35.4 Å². The highest BCUT2D eigenvalue weighted by molar-refractivity contribution is 5.95. The van der Waals surface area contributed by atoms with E-state index in [-0.39, 0.29) is 11.9 Å². The second-order valence-electron chi connectivity index (χ2n) is 9.83. The largest absolute Gasteiger partial charge is 0.420 e. The predicted molar refractivity (Wildman–Crippen MR) is 147 cm³/mol. The first-order chi connectivity index (χ1) is 18.5. The highest BCUT2D eigenvalue weighted by Crippen LogP contribution is 2.24. The van der Waals surface area contributed by atoms with Crippen molar-refractivity contribution in [3.63, 3.8) is 0 Å². The summed E-state index contributed by atoms with van der Waals surface area (Å²) in [6, 6.07) is 29.6. The SMILES string of the molecule is Cc1nnc(-c2cc(CC(C)C)n(-c3cccc(C(=O)N[C@H](Cc4ccccc4)c4ccccc4)c3)n2)o1. The minimum Gasteiger partial charge on any atom is -0.420 e. The summed E-state index contributed by atoms with van der Waals surface area (Å²) in [6.45, 7) is 6.08. The summed E-state index contributed by atoms with van der Waals surface area (Å²) in [6.07, 6.45) is 1.50. The van der Waals surface area contributed by atoms with E-state index in [1.54, 1.807) is 6.92 Å². The van der Waals surface area contributed by atoms with Gasteiger partial charge >= 0.3 is 0 Å². The van der Waals surface area contributed by atoms with E-state index >= 15 is 0 Å². The number of carbonyl (C=O) groups excluding carboxylic acids is 1. The molecule has 1 N–H and O–H groups in total. The predicted octanol–water partition coefficient (Wildman–Crippen LogP) is 6.14. The number of hydrogen-bond donors (Lipinski definition) is 1. The Hall–Kier alpha value is -4.52. The van der Waals surface area contributed by atoms with Gasteiger partial charge in [-0.1, -0.05) is 80.6 Å². The van der Waals surface area contributed by atoms with Crippen LogP contribution in [0.5, 0.6) is 0 Å². The molecule has 0 radical (unpaired) electrons. The fourth-order valence-electron chi connectivity index (χ4n) is 4.52. The third-order valence-corrected chi connectivity index (χ3v) is 6.29. The smallest absolute Gasteiger partial charge is 0.268 e. The van der Waals surface area contributed by atoms with Gasteiger partial charge in [0.25, 0.3) is 11.8 Å². The number of aromatic nitrogens is 4. The lowest BCUT2D eigenvalue weighted by Crippen LogP contribution is -2.30. The Morgan fingerprint density at radius 1 is 0.895 bits per heavy atom. The number of benzene rings is 3. The van der Waals surface area contributed by atoms with Crippen molar-refractivity contribution in [2.24, 2.45) is 5.92 Å². The van der Waals surface area contributed by atoms with Crippen molar-refractivity contribution in [1.82, 2.24) is 25.3 Å². The van der Waals surface area contributed by atoms with E-state index in [1.165, 1.54) is 0 Å². The summed E-state index contributed by atoms with van der Waals surface area (Å²) in [5.41, 5.74) is 5.21. The molecule has 0 fully saturated rings. The second-order valence-corrected chi connectivity index (χ2v) is 9.83. The average Bonchev–Trinajstić information content (AvgIpc) is 3.55. The minimum atomic E-state index is -0.164. The fraction of sp³-hybridized carbons (Fsp3) is 0.226. The quantitative estimate of drug-likeness (QED) is 0.260. The molecule has 1 amide bonds. The molecule has 0 aliphatic rings. The number of carbonyl (C=O) groups is 1. The molecule has 5 rings (SSSR count). The van der Waals surface area contributed by atoms with Crippen molar-refractivity contribution in [1.29, 1.82) is 0 Å². The van der Waals surface area contributed by atoms with E-state index in [2.05, 4.69) is 41.5 Å². The topological polar surface area (TPSA) is 85.8 Å². The molecule has 3 aromatic carbocycles. The van der Waals surface area contributed by atoms with Crippen LogP contribution in [-0.4, -0.2) is 25.9 Å². The zero-order valence-electron chi connectivity index (χ0n) is 21.8. The van der Waals surface area contributed by atoms with Crippen molar-refractivity contribution in [3.8, 4) is 17.3 Å². The van der Waals surface area contributed by atoms with Gasteiger partial charge in [-0.05, 0) is 54.2 Å². The second kappa shape index (κ2) is 11.3. The summed E-state index contributed by atoms with van der Waals surface area (Å²) in [5, 5.41) is 16.1. The standard InChI is InChI=1S/C31H31N5O2/c1-21(2)17-27-20-29(31-34-33-22(3)38-31)35-36(27)26-16-10-15-25(19-26)30(37)32-28(24-13-8-5-9-14-24)18-23-11-6-4-7-12-23/h4-16,19-21,28H,17-18H2,1-3H3,(H,32,37)/t28-/m1/s1. The maximum atomic E-state index is 13.5. The molecule has 0 saturated heterocycles. The molecule has 5 aromatic rings. The van der Waals surface area contributed by atoms with Crippen molar-refractivity contribution < 1.29 is 9.21 Å². The van der Waals surface area contributed by atoms with Crippen LogP contribution in [0.3, 0.4) is 0 Å². The van der Waals surface area contributed by atoms with Crippen LogP contribution in [-0.2, 0) is 12.8 Å². The molecule has 1 atom stereocenters. The van der Waals surface area contributed by atoms with Gasteiger partial charge in [0.2, 0.25) is 5.89 Å². The average molecular weight is 506 g/mol. The van der Waals surface area contributed by atoms with Crippen molar-refractivity contribution in [3.05, 3.63) is 119 Å². The number of hydrogen-bond acceptors (Lipinski definition) is 5. The summed E-state index contributed by atoms with van der Waals surface area (Å²) in [7, 11) is 0. The zero-order chi connectivity index (χ0) is 26.5. The highest BCUT2D eigenvalue weighted by Gasteiger charge is 2.19. The van der Waals surface area contributed by atoms with Crippen molar-refractivity contribution >= 4 is 5.91 Å². The molecule has 0 unspecified atom stereocenters. The van der Waals surface area contributed by atoms with Gasteiger partial charge in [0.1, 0.15) is 5.69 Å². The Balaban J connectivity index is 1.44. The van der Waals surface area contributed by atoms with Gasteiger partial charge in [0, 0.05) is 18.2 Å². The fourth-order valence-corrected chi connectivity index (χ4v) is 4.52. The van der Waals surface area contributed by atoms with Crippen LogP contribution in [0.4, 0.5) is 0 Å². The summed E-state index contributed by atoms with van der Waals surface area (Å²) < 4.78 is 7.48. The number of amides is 1. The van der Waals surface area contributed by atoms with Gasteiger partial charge < -0.3 is 9.73 Å². The van der Waals surface area contributed by atoms with Crippen LogP contribution in [0.25, 0.3) is 17.3 Å². The number of nitrogens with zero attached hydrogens (tertiary/aromatic N) is 4. The van der Waals surface area contributed by atoms with E-state index in [4.69, 9.17) is 9.52 Å². The van der Waals surface area contributed by atoms with Gasteiger partial charge in [0.15, 0.2) is 0 Å². The van der Waals surface area contributed by atoms with Crippen LogP contribution < -0.4 is 5.32 Å². The van der Waals surface area contributed by atoms with Crippen LogP contribution in [0, 0.1) is 12.8 Å². The van der Waals surface area contributed by atoms with Crippen LogP contribution in [0.15, 0.2) is 95.4 Å². The molecule has 7 heteroatoms. The van der Waals surface area contributed by atoms with Crippen molar-refractivity contribution in [2.75, 3.05) is 0 Å². The number of rotatable bonds is 9. The molecule has 2 heterocycles. The Bertz CT molecular complexity index is 1510. The molecular formula is C31H31N5O2. The minimum absolute atomic E-state index is 0.137. The lowest BCUT2D eigenvalue weighted by atomic mass is 9.98. The number of aryl methyl sites for hydroxylation is 1. The molecule has 0 bridgehead atoms. The molecule has 0 spiro atoms. The Kier molecular flexibility index (Phi) is 7.45. The third-order valence-electron chi connectivity index (χ3n) is 6.29. The molecule has 38 heavy (non-hydrogen) atoms. The zero-order valence-corrected chi connectivity index (χ0v) is 21.8. The van der Waals surface area contributed by atoms with Gasteiger partial charge in [-0.15, -0.1) is 10.2 Å². The first-order valence-corrected chi connectivity index (χ1v) is 12.9. The molecule has 192 valence electrons. The lowest BCUT2D eigenvalue weighted by molar-refractivity contribution is 0.0936. The van der Waals surface area contributed by atoms with E-state index in [1.807, 2.05) is 83.5 Å². The van der Waals surface area contributed by atoms with Gasteiger partial charge in [-0.2, -0.15) is 5.10 Å². The monoisotopic (exact) mass is 505 g/mol. The summed E-state index contributed by atoms with van der Waals surface area (Å²) in [4.78, 5) is 13.5. The highest BCUT2D eigenvalue weighted by atomic mass is 16.4. The Labute approximate surface area is 222 Å². The number of nitrogens with one attached hydrogen (secondary N) is 1. The maximum Gasteiger partial charge on any atom is 0.268 e. The van der Waals surface area contributed by atoms with E-state index < -0.39 is 0 Å². The van der Waals surface area contributed by atoms with Crippen molar-refractivity contribution in [2.45, 2.75) is 39.7 Å². The van der Waals surface area contributed by atoms with Crippen LogP contribution >= 0.6 is 0 Å². The third kappa shape index (κ3) is 5.89. The maximum absolute atomic E-state index is 13.5. The van der Waals surface area contributed by atoms with Gasteiger partial charge in [-0.25, -0.2) is 4.68 Å². The molecular weight excluding hydrogens is 474 g/mol. The summed E-state index contributed by atoms with van der Waals surface area (Å²) >= 11 is 0. The Morgan fingerprint density at radius 3 is 2.32 bits per heavy atom. The van der Waals surface area contributed by atoms with Crippen LogP contribution in [0.1, 0.15) is 53.0 Å². The lowest BCUT2D eigenvalue weighted by Gasteiger charge is -2.20. The van der Waals surface area contributed by atoms with Gasteiger partial charge in [0.05, 0.1) is 11.7 Å². The van der Waals surface area contributed by atoms with Crippen LogP contribution in [0.2, 0.25) is 0 Å². The molecule has 7 nitrogen and oxygen atoms in total. The first kappa shape index (κ1) is 25.1. The normalized spacial score (nSPS) is 12.0. The van der Waals surface area contributed by atoms with E-state index in [9.17, 15) is 4.79 Å². The Morgan fingerprint density at radius 2 is 1.63 bits per heavy atom. The molecule has 0 aliphatic carbocycles. The van der Waals surface area contributed by atoms with Gasteiger partial charge in [-0.3, -0.25) is 4.79 Å².